The third kappa shape index (κ3) is 3.11. The van der Waals surface area contributed by atoms with Crippen LogP contribution in [0.25, 0.3) is 0 Å². The zero-order valence-electron chi connectivity index (χ0n) is 10.3. The largest absolute Gasteiger partial charge is 0.398 e. The number of nitrogens with two attached hydrogens (primary N) is 1. The van der Waals surface area contributed by atoms with Gasteiger partial charge in [0.05, 0.1) is 15.7 Å². The van der Waals surface area contributed by atoms with Gasteiger partial charge in [-0.15, -0.1) is 11.8 Å². The third-order valence-electron chi connectivity index (χ3n) is 2.63. The lowest BCUT2D eigenvalue weighted by Crippen LogP contribution is -2.13. The Balaban J connectivity index is 2.28. The molecule has 3 N–H and O–H groups in total. The SMILES string of the molecule is CSc1ccccc1NC(=O)c1cccc(N)c1Br. The summed E-state index contributed by atoms with van der Waals surface area (Å²) in [5, 5.41) is 2.90. The number of hydrogen-bond acceptors (Lipinski definition) is 3. The maximum Gasteiger partial charge on any atom is 0.256 e. The van der Waals surface area contributed by atoms with Crippen molar-refractivity contribution in [3.63, 3.8) is 0 Å². The monoisotopic (exact) mass is 336 g/mol. The number of carbonyl (C=O) groups excluding carboxylic acids is 1. The number of nitrogen functional groups attached to an aromatic ring is 1. The molecule has 0 bridgehead atoms. The van der Waals surface area contributed by atoms with E-state index in [0.29, 0.717) is 15.7 Å². The van der Waals surface area contributed by atoms with Crippen molar-refractivity contribution in [3.8, 4) is 0 Å². The van der Waals surface area contributed by atoms with E-state index in [4.69, 9.17) is 5.73 Å². The Kier molecular flexibility index (Phi) is 4.50. The van der Waals surface area contributed by atoms with E-state index in [-0.39, 0.29) is 5.91 Å². The summed E-state index contributed by atoms with van der Waals surface area (Å²) >= 11 is 4.93. The van der Waals surface area contributed by atoms with Gasteiger partial charge in [0.2, 0.25) is 0 Å². The summed E-state index contributed by atoms with van der Waals surface area (Å²) in [6.07, 6.45) is 1.97. The van der Waals surface area contributed by atoms with Gasteiger partial charge in [-0.3, -0.25) is 4.79 Å². The average Bonchev–Trinajstić information content (AvgIpc) is 2.42. The molecule has 0 aliphatic carbocycles. The van der Waals surface area contributed by atoms with Crippen LogP contribution in [0.15, 0.2) is 51.8 Å². The van der Waals surface area contributed by atoms with Crippen LogP contribution in [0.5, 0.6) is 0 Å². The predicted octanol–water partition coefficient (Wildman–Crippen LogP) is 4.01. The van der Waals surface area contributed by atoms with Crippen LogP contribution in [-0.4, -0.2) is 12.2 Å². The standard InChI is InChI=1S/C14H13BrN2OS/c1-19-12-8-3-2-7-11(12)17-14(18)9-5-4-6-10(16)13(9)15/h2-8H,16H2,1H3,(H,17,18). The Morgan fingerprint density at radius 2 is 1.95 bits per heavy atom. The van der Waals surface area contributed by atoms with Gasteiger partial charge < -0.3 is 11.1 Å². The van der Waals surface area contributed by atoms with Crippen molar-refractivity contribution >= 4 is 45.0 Å². The minimum atomic E-state index is -0.180. The summed E-state index contributed by atoms with van der Waals surface area (Å²) in [5.41, 5.74) is 7.65. The lowest BCUT2D eigenvalue weighted by molar-refractivity contribution is 0.102. The summed E-state index contributed by atoms with van der Waals surface area (Å²) in [7, 11) is 0. The number of thioether (sulfide) groups is 1. The third-order valence-corrected chi connectivity index (χ3v) is 4.31. The van der Waals surface area contributed by atoms with Crippen LogP contribution in [0, 0.1) is 0 Å². The molecule has 98 valence electrons. The number of benzene rings is 2. The van der Waals surface area contributed by atoms with Gasteiger partial charge in [-0.1, -0.05) is 18.2 Å². The molecule has 0 radical (unpaired) electrons. The molecule has 0 aliphatic heterocycles. The molecule has 0 fully saturated rings. The first-order valence-corrected chi connectivity index (χ1v) is 7.63. The van der Waals surface area contributed by atoms with Crippen LogP contribution in [0.4, 0.5) is 11.4 Å². The molecule has 0 heterocycles. The van der Waals surface area contributed by atoms with Crippen molar-refractivity contribution < 1.29 is 4.79 Å². The molecular formula is C14H13BrN2OS. The first-order chi connectivity index (χ1) is 9.13. The summed E-state index contributed by atoms with van der Waals surface area (Å²) in [6.45, 7) is 0. The van der Waals surface area contributed by atoms with E-state index < -0.39 is 0 Å². The lowest BCUT2D eigenvalue weighted by atomic mass is 10.2. The first-order valence-electron chi connectivity index (χ1n) is 5.62. The molecule has 2 aromatic carbocycles. The predicted molar refractivity (Wildman–Crippen MR) is 84.7 cm³/mol. The highest BCUT2D eigenvalue weighted by Crippen LogP contribution is 2.27. The number of para-hydroxylation sites is 1. The first kappa shape index (κ1) is 14.0. The van der Waals surface area contributed by atoms with Gasteiger partial charge in [0.15, 0.2) is 0 Å². The normalized spacial score (nSPS) is 10.2. The fraction of sp³-hybridized carbons (Fsp3) is 0.0714. The highest BCUT2D eigenvalue weighted by molar-refractivity contribution is 9.10. The summed E-state index contributed by atoms with van der Waals surface area (Å²) in [5.74, 6) is -0.180. The van der Waals surface area contributed by atoms with Gasteiger partial charge in [-0.2, -0.15) is 0 Å². The second kappa shape index (κ2) is 6.12. The van der Waals surface area contributed by atoms with Crippen LogP contribution in [0.3, 0.4) is 0 Å². The highest BCUT2D eigenvalue weighted by Gasteiger charge is 2.13. The minimum absolute atomic E-state index is 0.180. The van der Waals surface area contributed by atoms with Crippen LogP contribution >= 0.6 is 27.7 Å². The van der Waals surface area contributed by atoms with Gasteiger partial charge in [-0.25, -0.2) is 0 Å². The lowest BCUT2D eigenvalue weighted by Gasteiger charge is -2.11. The van der Waals surface area contributed by atoms with E-state index in [1.54, 1.807) is 30.0 Å². The van der Waals surface area contributed by atoms with Crippen LogP contribution < -0.4 is 11.1 Å². The summed E-state index contributed by atoms with van der Waals surface area (Å²) < 4.78 is 0.620. The van der Waals surface area contributed by atoms with Crippen molar-refractivity contribution in [1.29, 1.82) is 0 Å². The molecule has 0 saturated heterocycles. The van der Waals surface area contributed by atoms with E-state index in [1.807, 2.05) is 30.5 Å². The number of hydrogen-bond donors (Lipinski definition) is 2. The zero-order chi connectivity index (χ0) is 13.8. The van der Waals surface area contributed by atoms with Crippen molar-refractivity contribution in [2.24, 2.45) is 0 Å². The molecule has 19 heavy (non-hydrogen) atoms. The molecule has 2 rings (SSSR count). The van der Waals surface area contributed by atoms with E-state index in [1.165, 1.54) is 0 Å². The molecule has 0 aliphatic rings. The topological polar surface area (TPSA) is 55.1 Å². The van der Waals surface area contributed by atoms with Crippen molar-refractivity contribution in [3.05, 3.63) is 52.5 Å². The van der Waals surface area contributed by atoms with E-state index in [2.05, 4.69) is 21.2 Å². The number of anilines is 2. The van der Waals surface area contributed by atoms with Crippen LogP contribution in [-0.2, 0) is 0 Å². The van der Waals surface area contributed by atoms with Gasteiger partial charge in [-0.05, 0) is 46.5 Å². The molecule has 0 spiro atoms. The van der Waals surface area contributed by atoms with E-state index >= 15 is 0 Å². The second-order valence-corrected chi connectivity index (χ2v) is 5.50. The fourth-order valence-electron chi connectivity index (χ4n) is 1.66. The molecule has 0 unspecified atom stereocenters. The molecule has 0 atom stereocenters. The molecule has 0 aromatic heterocycles. The Bertz CT molecular complexity index is 616. The Hall–Kier alpha value is -1.46. The Labute approximate surface area is 124 Å². The highest BCUT2D eigenvalue weighted by atomic mass is 79.9. The molecule has 1 amide bonds. The maximum atomic E-state index is 12.2. The molecule has 5 heteroatoms. The Morgan fingerprint density at radius 3 is 2.68 bits per heavy atom. The number of amides is 1. The smallest absolute Gasteiger partial charge is 0.256 e. The molecular weight excluding hydrogens is 324 g/mol. The molecule has 2 aromatic rings. The van der Waals surface area contributed by atoms with Gasteiger partial charge in [0.1, 0.15) is 0 Å². The molecule has 0 saturated carbocycles. The van der Waals surface area contributed by atoms with Crippen molar-refractivity contribution in [2.45, 2.75) is 4.90 Å². The zero-order valence-corrected chi connectivity index (χ0v) is 12.7. The number of carbonyl (C=O) groups is 1. The van der Waals surface area contributed by atoms with Crippen molar-refractivity contribution in [2.75, 3.05) is 17.3 Å². The van der Waals surface area contributed by atoms with E-state index in [9.17, 15) is 4.79 Å². The average molecular weight is 337 g/mol. The number of rotatable bonds is 3. The Morgan fingerprint density at radius 1 is 1.21 bits per heavy atom. The molecule has 3 nitrogen and oxygen atoms in total. The van der Waals surface area contributed by atoms with Crippen LogP contribution in [0.1, 0.15) is 10.4 Å². The second-order valence-electron chi connectivity index (χ2n) is 3.86. The quantitative estimate of drug-likeness (QED) is 0.657. The van der Waals surface area contributed by atoms with Gasteiger partial charge in [0.25, 0.3) is 5.91 Å². The minimum Gasteiger partial charge on any atom is -0.398 e. The van der Waals surface area contributed by atoms with Crippen molar-refractivity contribution in [1.82, 2.24) is 0 Å². The maximum absolute atomic E-state index is 12.2. The summed E-state index contributed by atoms with van der Waals surface area (Å²) in [6, 6.07) is 12.9. The van der Waals surface area contributed by atoms with Gasteiger partial charge >= 0.3 is 0 Å². The van der Waals surface area contributed by atoms with Crippen LogP contribution in [0.2, 0.25) is 0 Å². The van der Waals surface area contributed by atoms with Gasteiger partial charge in [0, 0.05) is 10.6 Å². The summed E-state index contributed by atoms with van der Waals surface area (Å²) in [4.78, 5) is 13.3. The van der Waals surface area contributed by atoms with E-state index in [0.717, 1.165) is 10.6 Å². The number of halogens is 1. The number of nitrogens with one attached hydrogen (secondary N) is 1. The fourth-order valence-corrected chi connectivity index (χ4v) is 2.66.